The van der Waals surface area contributed by atoms with Gasteiger partial charge in [-0.05, 0) is 52.5 Å². The summed E-state index contributed by atoms with van der Waals surface area (Å²) >= 11 is 0. The first-order valence-electron chi connectivity index (χ1n) is 7.67. The Morgan fingerprint density at radius 3 is 2.79 bits per heavy atom. The Labute approximate surface area is 116 Å². The highest BCUT2D eigenvalue weighted by Gasteiger charge is 2.27. The lowest BCUT2D eigenvalue weighted by atomic mass is 10.1. The van der Waals surface area contributed by atoms with Gasteiger partial charge in [0.2, 0.25) is 5.95 Å². The first-order valence-corrected chi connectivity index (χ1v) is 7.67. The summed E-state index contributed by atoms with van der Waals surface area (Å²) in [4.78, 5) is 7.20. The van der Waals surface area contributed by atoms with Crippen molar-refractivity contribution in [1.82, 2.24) is 14.5 Å². The van der Waals surface area contributed by atoms with Crippen molar-refractivity contribution >= 4 is 5.95 Å². The van der Waals surface area contributed by atoms with E-state index in [1.54, 1.807) is 0 Å². The first-order chi connectivity index (χ1) is 9.13. The smallest absolute Gasteiger partial charge is 0.203 e. The summed E-state index contributed by atoms with van der Waals surface area (Å²) < 4.78 is 2.34. The highest BCUT2D eigenvalue weighted by atomic mass is 15.2. The minimum atomic E-state index is 0.681. The average Bonchev–Trinajstić information content (AvgIpc) is 2.97. The van der Waals surface area contributed by atoms with Gasteiger partial charge in [0.05, 0.1) is 5.69 Å². The number of likely N-dealkylation sites (tertiary alicyclic amines) is 1. The second-order valence-corrected chi connectivity index (χ2v) is 6.47. The van der Waals surface area contributed by atoms with E-state index in [9.17, 15) is 0 Å². The molecule has 0 aromatic carbocycles. The van der Waals surface area contributed by atoms with E-state index in [1.165, 1.54) is 32.4 Å². The molecule has 1 N–H and O–H groups in total. The summed E-state index contributed by atoms with van der Waals surface area (Å²) in [5.41, 5.74) is 1.13. The van der Waals surface area contributed by atoms with Crippen molar-refractivity contribution in [1.29, 1.82) is 0 Å². The molecule has 2 aliphatic rings. The van der Waals surface area contributed by atoms with Crippen LogP contribution in [0.4, 0.5) is 5.95 Å². The number of nitrogens with one attached hydrogen (secondary N) is 1. The van der Waals surface area contributed by atoms with Crippen LogP contribution in [-0.2, 0) is 0 Å². The van der Waals surface area contributed by atoms with E-state index in [-0.39, 0.29) is 0 Å². The zero-order valence-corrected chi connectivity index (χ0v) is 12.4. The molecular formula is C15H26N4. The Kier molecular flexibility index (Phi) is 3.52. The third-order valence-electron chi connectivity index (χ3n) is 4.39. The molecule has 3 rings (SSSR count). The molecule has 2 heterocycles. The predicted molar refractivity (Wildman–Crippen MR) is 78.5 cm³/mol. The molecule has 0 bridgehead atoms. The van der Waals surface area contributed by atoms with Crippen LogP contribution >= 0.6 is 0 Å². The van der Waals surface area contributed by atoms with E-state index in [4.69, 9.17) is 0 Å². The first kappa shape index (κ1) is 13.0. The van der Waals surface area contributed by atoms with E-state index >= 15 is 0 Å². The molecule has 1 aliphatic carbocycles. The highest BCUT2D eigenvalue weighted by molar-refractivity contribution is 5.30. The molecule has 4 nitrogen and oxygen atoms in total. The number of aryl methyl sites for hydroxylation is 1. The van der Waals surface area contributed by atoms with Crippen LogP contribution in [0.1, 0.15) is 44.8 Å². The number of imidazole rings is 1. The summed E-state index contributed by atoms with van der Waals surface area (Å²) in [5, 5.41) is 3.58. The third kappa shape index (κ3) is 2.94. The van der Waals surface area contributed by atoms with Crippen molar-refractivity contribution in [3.63, 3.8) is 0 Å². The molecule has 1 saturated heterocycles. The number of aromatic nitrogens is 2. The summed E-state index contributed by atoms with van der Waals surface area (Å²) in [5.74, 6) is 1.86. The zero-order chi connectivity index (χ0) is 13.4. The number of rotatable bonds is 5. The van der Waals surface area contributed by atoms with Gasteiger partial charge in [0.1, 0.15) is 0 Å². The van der Waals surface area contributed by atoms with E-state index in [2.05, 4.69) is 46.7 Å². The number of hydrogen-bond acceptors (Lipinski definition) is 3. The van der Waals surface area contributed by atoms with Gasteiger partial charge in [-0.2, -0.15) is 0 Å². The lowest BCUT2D eigenvalue weighted by molar-refractivity contribution is 0.266. The van der Waals surface area contributed by atoms with Crippen molar-refractivity contribution in [2.75, 3.05) is 25.0 Å². The van der Waals surface area contributed by atoms with Crippen LogP contribution in [0.15, 0.2) is 6.20 Å². The maximum atomic E-state index is 4.63. The monoisotopic (exact) mass is 262 g/mol. The van der Waals surface area contributed by atoms with Crippen molar-refractivity contribution < 1.29 is 0 Å². The van der Waals surface area contributed by atoms with Gasteiger partial charge in [0, 0.05) is 31.4 Å². The van der Waals surface area contributed by atoms with Crippen LogP contribution in [0.2, 0.25) is 0 Å². The Bertz CT molecular complexity index is 433. The van der Waals surface area contributed by atoms with Gasteiger partial charge in [-0.15, -0.1) is 0 Å². The molecule has 0 amide bonds. The van der Waals surface area contributed by atoms with Crippen LogP contribution in [0.5, 0.6) is 0 Å². The molecule has 1 aliphatic heterocycles. The zero-order valence-electron chi connectivity index (χ0n) is 12.4. The summed E-state index contributed by atoms with van der Waals surface area (Å²) in [6, 6.07) is 1.39. The van der Waals surface area contributed by atoms with Crippen LogP contribution in [-0.4, -0.2) is 40.1 Å². The van der Waals surface area contributed by atoms with Gasteiger partial charge in [-0.25, -0.2) is 4.98 Å². The van der Waals surface area contributed by atoms with Gasteiger partial charge < -0.3 is 14.8 Å². The SMILES string of the molecule is Cc1cn(C2CC2)c(NCC2CCN(C(C)C)C2)n1. The third-order valence-corrected chi connectivity index (χ3v) is 4.39. The topological polar surface area (TPSA) is 33.1 Å². The summed E-state index contributed by atoms with van der Waals surface area (Å²) in [6.07, 6.45) is 6.13. The van der Waals surface area contributed by atoms with Crippen molar-refractivity contribution in [2.24, 2.45) is 5.92 Å². The van der Waals surface area contributed by atoms with Crippen LogP contribution < -0.4 is 5.32 Å². The Balaban J connectivity index is 1.55. The van der Waals surface area contributed by atoms with Crippen molar-refractivity contribution in [3.8, 4) is 0 Å². The molecule has 1 unspecified atom stereocenters. The number of nitrogens with zero attached hydrogens (tertiary/aromatic N) is 3. The number of hydrogen-bond donors (Lipinski definition) is 1. The largest absolute Gasteiger partial charge is 0.355 e. The molecule has 106 valence electrons. The summed E-state index contributed by atoms with van der Waals surface area (Å²) in [6.45, 7) is 10.2. The molecule has 0 spiro atoms. The van der Waals surface area contributed by atoms with Gasteiger partial charge in [-0.1, -0.05) is 0 Å². The van der Waals surface area contributed by atoms with Crippen molar-refractivity contribution in [2.45, 2.75) is 52.1 Å². The average molecular weight is 262 g/mol. The molecule has 1 aromatic rings. The fourth-order valence-corrected chi connectivity index (χ4v) is 3.01. The molecule has 4 heteroatoms. The fourth-order valence-electron chi connectivity index (χ4n) is 3.01. The maximum Gasteiger partial charge on any atom is 0.203 e. The standard InChI is InChI=1S/C15H26N4/c1-11(2)18-7-6-13(10-18)8-16-15-17-12(3)9-19(15)14-4-5-14/h9,11,13-14H,4-8,10H2,1-3H3,(H,16,17). The van der Waals surface area contributed by atoms with Gasteiger partial charge >= 0.3 is 0 Å². The minimum absolute atomic E-state index is 0.681. The quantitative estimate of drug-likeness (QED) is 0.885. The summed E-state index contributed by atoms with van der Waals surface area (Å²) in [7, 11) is 0. The molecular weight excluding hydrogens is 236 g/mol. The molecule has 1 aromatic heterocycles. The Morgan fingerprint density at radius 2 is 2.16 bits per heavy atom. The van der Waals surface area contributed by atoms with Crippen LogP contribution in [0.25, 0.3) is 0 Å². The van der Waals surface area contributed by atoms with E-state index < -0.39 is 0 Å². The van der Waals surface area contributed by atoms with Crippen LogP contribution in [0.3, 0.4) is 0 Å². The highest BCUT2D eigenvalue weighted by Crippen LogP contribution is 2.37. The lowest BCUT2D eigenvalue weighted by Gasteiger charge is -2.20. The Hall–Kier alpha value is -1.03. The maximum absolute atomic E-state index is 4.63. The lowest BCUT2D eigenvalue weighted by Crippen LogP contribution is -2.29. The van der Waals surface area contributed by atoms with E-state index in [0.29, 0.717) is 12.1 Å². The second-order valence-electron chi connectivity index (χ2n) is 6.47. The van der Waals surface area contributed by atoms with Gasteiger partial charge in [-0.3, -0.25) is 0 Å². The van der Waals surface area contributed by atoms with E-state index in [0.717, 1.165) is 24.1 Å². The normalized spacial score (nSPS) is 24.3. The van der Waals surface area contributed by atoms with Crippen LogP contribution in [0, 0.1) is 12.8 Å². The fraction of sp³-hybridized carbons (Fsp3) is 0.800. The predicted octanol–water partition coefficient (Wildman–Crippen LogP) is 2.67. The molecule has 19 heavy (non-hydrogen) atoms. The second kappa shape index (κ2) is 5.16. The van der Waals surface area contributed by atoms with Gasteiger partial charge in [0.15, 0.2) is 0 Å². The molecule has 2 fully saturated rings. The molecule has 1 atom stereocenters. The van der Waals surface area contributed by atoms with Gasteiger partial charge in [0.25, 0.3) is 0 Å². The van der Waals surface area contributed by atoms with E-state index in [1.807, 2.05) is 0 Å². The molecule has 0 radical (unpaired) electrons. The number of anilines is 1. The minimum Gasteiger partial charge on any atom is -0.355 e. The van der Waals surface area contributed by atoms with Crippen molar-refractivity contribution in [3.05, 3.63) is 11.9 Å². The molecule has 1 saturated carbocycles. The Morgan fingerprint density at radius 1 is 1.37 bits per heavy atom.